The van der Waals surface area contributed by atoms with Crippen LogP contribution in [0.2, 0.25) is 0 Å². The third kappa shape index (κ3) is 3.33. The van der Waals surface area contributed by atoms with Gasteiger partial charge in [-0.3, -0.25) is 19.1 Å². The van der Waals surface area contributed by atoms with Crippen LogP contribution >= 0.6 is 0 Å². The Morgan fingerprint density at radius 1 is 1.31 bits per heavy atom. The first kappa shape index (κ1) is 23.0. The molecule has 35 heavy (non-hydrogen) atoms. The minimum Gasteiger partial charge on any atom is -0.343 e. The number of amides is 1. The lowest BCUT2D eigenvalue weighted by Crippen LogP contribution is -2.68. The Hall–Kier alpha value is -3.72. The van der Waals surface area contributed by atoms with E-state index < -0.39 is 11.0 Å². The summed E-state index contributed by atoms with van der Waals surface area (Å²) in [5.74, 6) is 0.0816. The van der Waals surface area contributed by atoms with Crippen LogP contribution in [0.3, 0.4) is 0 Å². The summed E-state index contributed by atoms with van der Waals surface area (Å²) in [5.41, 5.74) is 8.53. The van der Waals surface area contributed by atoms with Gasteiger partial charge in [-0.15, -0.1) is 0 Å². The van der Waals surface area contributed by atoms with Crippen LogP contribution in [0.5, 0.6) is 0 Å². The number of hydrogen-bond donors (Lipinski definition) is 0. The van der Waals surface area contributed by atoms with Crippen molar-refractivity contribution < 1.29 is 14.4 Å². The molecule has 0 radical (unpaired) electrons. The maximum atomic E-state index is 13.5. The van der Waals surface area contributed by atoms with Crippen molar-refractivity contribution in [2.75, 3.05) is 13.1 Å². The van der Waals surface area contributed by atoms with Gasteiger partial charge in [0.2, 0.25) is 5.91 Å². The molecule has 1 amide bonds. The molecule has 0 aromatic carbocycles. The number of aliphatic imine (C=N–C) groups is 1. The van der Waals surface area contributed by atoms with Crippen molar-refractivity contribution in [2.45, 2.75) is 51.6 Å². The summed E-state index contributed by atoms with van der Waals surface area (Å²) in [6, 6.07) is 1.68. The maximum absolute atomic E-state index is 13.5. The van der Waals surface area contributed by atoms with Crippen LogP contribution in [-0.2, 0) is 18.4 Å². The Morgan fingerprint density at radius 2 is 2.06 bits per heavy atom. The number of aromatic nitrogens is 3. The van der Waals surface area contributed by atoms with Gasteiger partial charge in [-0.2, -0.15) is 5.10 Å². The number of Topliss-reactive ketones (excluding diaryl/α,β-unsaturated/α-hetero) is 2. The van der Waals surface area contributed by atoms with Gasteiger partial charge in [0.1, 0.15) is 5.82 Å². The number of hydrogen-bond acceptors (Lipinski definition) is 6. The predicted octanol–water partition coefficient (Wildman–Crippen LogP) is 3.48. The summed E-state index contributed by atoms with van der Waals surface area (Å²) in [7, 11) is 1.81. The van der Waals surface area contributed by atoms with E-state index in [1.54, 1.807) is 38.8 Å². The molecule has 2 aromatic heterocycles. The number of rotatable bonds is 6. The van der Waals surface area contributed by atoms with Gasteiger partial charge < -0.3 is 9.47 Å². The first-order valence-electron chi connectivity index (χ1n) is 11.9. The molecule has 2 aliphatic heterocycles. The maximum Gasteiger partial charge on any atom is 0.223 e. The predicted molar refractivity (Wildman–Crippen MR) is 128 cm³/mol. The molecule has 0 N–H and O–H groups in total. The quantitative estimate of drug-likeness (QED) is 0.272. The lowest BCUT2D eigenvalue weighted by molar-refractivity contribution is -0.135. The minimum atomic E-state index is -1.47. The van der Waals surface area contributed by atoms with Gasteiger partial charge in [-0.1, -0.05) is 12.0 Å². The molecule has 0 spiro atoms. The number of likely N-dealkylation sites (tertiary alicyclic amines) is 1. The highest BCUT2D eigenvalue weighted by Gasteiger charge is 2.67. The van der Waals surface area contributed by atoms with E-state index in [1.165, 1.54) is 0 Å². The molecule has 11 heteroatoms. The van der Waals surface area contributed by atoms with Gasteiger partial charge in [0.05, 0.1) is 17.3 Å². The van der Waals surface area contributed by atoms with Crippen LogP contribution in [0.1, 0.15) is 60.2 Å². The molecule has 0 bridgehead atoms. The Morgan fingerprint density at radius 3 is 2.71 bits per heavy atom. The van der Waals surface area contributed by atoms with Crippen LogP contribution in [0.25, 0.3) is 10.4 Å². The molecule has 2 unspecified atom stereocenters. The van der Waals surface area contributed by atoms with Crippen LogP contribution < -0.4 is 0 Å². The highest BCUT2D eigenvalue weighted by molar-refractivity contribution is 6.29. The second-order valence-electron chi connectivity index (χ2n) is 9.97. The number of fused-ring (bicyclic) bond motifs is 2. The molecule has 1 saturated carbocycles. The van der Waals surface area contributed by atoms with E-state index in [9.17, 15) is 19.9 Å². The highest BCUT2D eigenvalue weighted by atomic mass is 16.2. The zero-order chi connectivity index (χ0) is 25.0. The molecular formula is C24H28N8O3. The molecular weight excluding hydrogens is 448 g/mol. The average molecular weight is 477 g/mol. The minimum absolute atomic E-state index is 0.0670. The number of ketones is 2. The van der Waals surface area contributed by atoms with Gasteiger partial charge in [-0.25, -0.2) is 4.99 Å². The summed E-state index contributed by atoms with van der Waals surface area (Å²) < 4.78 is 3.49. The van der Waals surface area contributed by atoms with Crippen LogP contribution in [0.15, 0.2) is 34.8 Å². The van der Waals surface area contributed by atoms with Gasteiger partial charge >= 0.3 is 0 Å². The normalized spacial score (nSPS) is 25.7. The van der Waals surface area contributed by atoms with E-state index in [1.807, 2.05) is 20.9 Å². The van der Waals surface area contributed by atoms with Crippen molar-refractivity contribution in [3.63, 3.8) is 0 Å². The fraction of sp³-hybridized carbons (Fsp3) is 0.542. The van der Waals surface area contributed by atoms with Crippen molar-refractivity contribution in [2.24, 2.45) is 28.5 Å². The smallest absolute Gasteiger partial charge is 0.223 e. The number of nitrogens with zero attached hydrogens (tertiary/aromatic N) is 8. The number of piperidine rings is 1. The molecule has 3 aliphatic rings. The lowest BCUT2D eigenvalue weighted by atomic mass is 9.50. The van der Waals surface area contributed by atoms with Crippen molar-refractivity contribution in [1.82, 2.24) is 19.2 Å². The van der Waals surface area contributed by atoms with E-state index in [0.29, 0.717) is 61.6 Å². The van der Waals surface area contributed by atoms with Gasteiger partial charge in [0.15, 0.2) is 17.1 Å². The van der Waals surface area contributed by atoms with Crippen molar-refractivity contribution in [3.8, 4) is 0 Å². The van der Waals surface area contributed by atoms with E-state index in [-0.39, 0.29) is 29.8 Å². The second kappa shape index (κ2) is 8.20. The molecule has 5 rings (SSSR count). The zero-order valence-corrected chi connectivity index (χ0v) is 20.1. The highest BCUT2D eigenvalue weighted by Crippen LogP contribution is 2.57. The summed E-state index contributed by atoms with van der Waals surface area (Å²) >= 11 is 0. The first-order chi connectivity index (χ1) is 16.7. The Kier molecular flexibility index (Phi) is 5.40. The lowest BCUT2D eigenvalue weighted by Gasteiger charge is -2.56. The van der Waals surface area contributed by atoms with Gasteiger partial charge in [-0.05, 0) is 37.8 Å². The molecule has 182 valence electrons. The third-order valence-electron chi connectivity index (χ3n) is 7.90. The SMILES string of the molecule is CCn1cc(C(=O)C2CCN(C(=O)CC3(C)CC4=Nc5c(ccn5C)C(=O)C43N=[N+]=[N-])CC2)cn1. The summed E-state index contributed by atoms with van der Waals surface area (Å²) in [4.78, 5) is 49.0. The summed E-state index contributed by atoms with van der Waals surface area (Å²) in [6.45, 7) is 5.44. The molecule has 2 atom stereocenters. The third-order valence-corrected chi connectivity index (χ3v) is 7.90. The molecule has 1 aliphatic carbocycles. The Bertz CT molecular complexity index is 1310. The van der Waals surface area contributed by atoms with Crippen LogP contribution in [0.4, 0.5) is 5.82 Å². The summed E-state index contributed by atoms with van der Waals surface area (Å²) in [6.07, 6.45) is 6.77. The van der Waals surface area contributed by atoms with E-state index in [4.69, 9.17) is 0 Å². The van der Waals surface area contributed by atoms with Crippen LogP contribution in [0, 0.1) is 11.3 Å². The second-order valence-corrected chi connectivity index (χ2v) is 9.97. The average Bonchev–Trinajstić information content (AvgIpc) is 3.48. The number of aryl methyl sites for hydroxylation is 2. The molecule has 2 aromatic rings. The number of carbonyl (C=O) groups excluding carboxylic acids is 3. The fourth-order valence-corrected chi connectivity index (χ4v) is 5.77. The van der Waals surface area contributed by atoms with E-state index in [0.717, 1.165) is 0 Å². The van der Waals surface area contributed by atoms with E-state index >= 15 is 0 Å². The standard InChI is InChI=1S/C24H28N8O3/c1-4-32-14-16(13-26-32)20(34)15-5-9-31(10-6-15)19(33)12-23(2)11-18-24(23,28-29-25)21(35)17-7-8-30(3)22(17)27-18/h7-8,13-15H,4-6,9-12H2,1-3H3. The Labute approximate surface area is 202 Å². The molecule has 1 saturated heterocycles. The monoisotopic (exact) mass is 476 g/mol. The summed E-state index contributed by atoms with van der Waals surface area (Å²) in [5, 5.41) is 8.15. The van der Waals surface area contributed by atoms with E-state index in [2.05, 4.69) is 20.1 Å². The van der Waals surface area contributed by atoms with Crippen molar-refractivity contribution in [3.05, 3.63) is 46.2 Å². The van der Waals surface area contributed by atoms with Gasteiger partial charge in [0.25, 0.3) is 0 Å². The zero-order valence-electron chi connectivity index (χ0n) is 20.1. The number of carbonyl (C=O) groups is 3. The molecule has 4 heterocycles. The largest absolute Gasteiger partial charge is 0.343 e. The first-order valence-corrected chi connectivity index (χ1v) is 11.9. The molecule has 2 fully saturated rings. The van der Waals surface area contributed by atoms with Crippen molar-refractivity contribution in [1.29, 1.82) is 0 Å². The van der Waals surface area contributed by atoms with Crippen molar-refractivity contribution >= 4 is 29.0 Å². The molecule has 11 nitrogen and oxygen atoms in total. The number of azide groups is 1. The van der Waals surface area contributed by atoms with Crippen LogP contribution in [-0.4, -0.2) is 61.1 Å². The van der Waals surface area contributed by atoms with Gasteiger partial charge in [0, 0.05) is 67.5 Å². The Balaban J connectivity index is 1.29. The topological polar surface area (TPSA) is 138 Å². The fourth-order valence-electron chi connectivity index (χ4n) is 5.77.